The van der Waals surface area contributed by atoms with Crippen LogP contribution < -0.4 is 10.1 Å². The summed E-state index contributed by atoms with van der Waals surface area (Å²) in [6, 6.07) is 8.93. The molecular weight excluding hydrogens is 505 g/mol. The number of carbonyl (C=O) groups excluding carboxylic acids is 1. The van der Waals surface area contributed by atoms with Gasteiger partial charge in [-0.05, 0) is 36.8 Å². The molecule has 0 aliphatic rings. The standard InChI is InChI=1S/C22H15Cl2N3O6S/c1-9-15(23)16(24)18(25-9)19(28)27-22-26-17-13(6-12(21(31)32)7-14(17)34-22)33-8-10-3-2-4-11(5-10)20(29)30/h2-7,25H,8H2,1H3,(H,29,30)(H,31,32)(H,26,27,28). The highest BCUT2D eigenvalue weighted by atomic mass is 35.5. The predicted octanol–water partition coefficient (Wildman–Crippen LogP) is 5.47. The van der Waals surface area contributed by atoms with E-state index in [0.717, 1.165) is 11.3 Å². The number of aromatic amines is 1. The lowest BCUT2D eigenvalue weighted by Gasteiger charge is -2.08. The van der Waals surface area contributed by atoms with Crippen LogP contribution in [0.25, 0.3) is 10.2 Å². The molecule has 4 N–H and O–H groups in total. The Hall–Kier alpha value is -3.60. The number of ether oxygens (including phenoxy) is 1. The van der Waals surface area contributed by atoms with Gasteiger partial charge in [0, 0.05) is 5.69 Å². The third-order valence-electron chi connectivity index (χ3n) is 4.78. The highest BCUT2D eigenvalue weighted by Gasteiger charge is 2.21. The number of nitrogens with zero attached hydrogens (tertiary/aromatic N) is 1. The number of thiazole rings is 1. The summed E-state index contributed by atoms with van der Waals surface area (Å²) in [6.07, 6.45) is 0. The van der Waals surface area contributed by atoms with Gasteiger partial charge in [-0.15, -0.1) is 0 Å². The van der Waals surface area contributed by atoms with Crippen molar-refractivity contribution in [2.75, 3.05) is 5.32 Å². The number of nitrogens with one attached hydrogen (secondary N) is 2. The van der Waals surface area contributed by atoms with Crippen LogP contribution in [0.15, 0.2) is 36.4 Å². The van der Waals surface area contributed by atoms with E-state index in [1.165, 1.54) is 24.3 Å². The molecule has 2 heterocycles. The Morgan fingerprint density at radius 2 is 1.82 bits per heavy atom. The minimum atomic E-state index is -1.16. The number of aryl methyl sites for hydroxylation is 1. The fraction of sp³-hybridized carbons (Fsp3) is 0.0909. The van der Waals surface area contributed by atoms with Crippen LogP contribution in [-0.4, -0.2) is 38.0 Å². The van der Waals surface area contributed by atoms with Crippen molar-refractivity contribution in [1.29, 1.82) is 0 Å². The molecule has 0 radical (unpaired) electrons. The van der Waals surface area contributed by atoms with Crippen LogP contribution >= 0.6 is 34.5 Å². The molecule has 0 aliphatic carbocycles. The molecule has 2 aromatic heterocycles. The van der Waals surface area contributed by atoms with Gasteiger partial charge < -0.3 is 19.9 Å². The molecule has 0 bridgehead atoms. The van der Waals surface area contributed by atoms with Gasteiger partial charge in [-0.2, -0.15) is 0 Å². The molecule has 0 fully saturated rings. The highest BCUT2D eigenvalue weighted by molar-refractivity contribution is 7.22. The minimum absolute atomic E-state index is 0.0195. The van der Waals surface area contributed by atoms with E-state index in [0.29, 0.717) is 21.5 Å². The number of anilines is 1. The number of H-pyrrole nitrogens is 1. The second-order valence-electron chi connectivity index (χ2n) is 7.15. The lowest BCUT2D eigenvalue weighted by Crippen LogP contribution is -2.12. The molecule has 2 aromatic carbocycles. The number of carboxylic acids is 2. The minimum Gasteiger partial charge on any atom is -0.487 e. The quantitative estimate of drug-likeness (QED) is 0.253. The first-order valence-corrected chi connectivity index (χ1v) is 11.2. The number of aromatic carboxylic acids is 2. The number of benzene rings is 2. The van der Waals surface area contributed by atoms with Crippen molar-refractivity contribution in [1.82, 2.24) is 9.97 Å². The third kappa shape index (κ3) is 4.69. The Morgan fingerprint density at radius 3 is 2.47 bits per heavy atom. The van der Waals surface area contributed by atoms with Crippen LogP contribution in [0.5, 0.6) is 5.75 Å². The van der Waals surface area contributed by atoms with Crippen LogP contribution in [0.1, 0.15) is 42.5 Å². The number of aromatic nitrogens is 2. The number of amides is 1. The van der Waals surface area contributed by atoms with Gasteiger partial charge in [-0.1, -0.05) is 46.7 Å². The molecule has 12 heteroatoms. The molecule has 34 heavy (non-hydrogen) atoms. The summed E-state index contributed by atoms with van der Waals surface area (Å²) in [4.78, 5) is 42.6. The number of hydrogen-bond acceptors (Lipinski definition) is 6. The van der Waals surface area contributed by atoms with Crippen molar-refractivity contribution >= 4 is 67.7 Å². The van der Waals surface area contributed by atoms with E-state index < -0.39 is 17.8 Å². The van der Waals surface area contributed by atoms with Crippen LogP contribution in [-0.2, 0) is 6.61 Å². The van der Waals surface area contributed by atoms with Crippen molar-refractivity contribution in [3.63, 3.8) is 0 Å². The molecule has 0 atom stereocenters. The Labute approximate surface area is 205 Å². The average molecular weight is 520 g/mol. The molecule has 0 unspecified atom stereocenters. The molecule has 9 nitrogen and oxygen atoms in total. The highest BCUT2D eigenvalue weighted by Crippen LogP contribution is 2.35. The summed E-state index contributed by atoms with van der Waals surface area (Å²) in [7, 11) is 0. The zero-order chi connectivity index (χ0) is 24.6. The Balaban J connectivity index is 1.64. The second kappa shape index (κ2) is 9.34. The fourth-order valence-corrected chi connectivity index (χ4v) is 4.46. The molecule has 1 amide bonds. The number of carbonyl (C=O) groups is 3. The predicted molar refractivity (Wildman–Crippen MR) is 128 cm³/mol. The number of rotatable bonds is 7. The van der Waals surface area contributed by atoms with E-state index >= 15 is 0 Å². The number of fused-ring (bicyclic) bond motifs is 1. The van der Waals surface area contributed by atoms with Crippen LogP contribution in [0.4, 0.5) is 5.13 Å². The normalized spacial score (nSPS) is 10.9. The van der Waals surface area contributed by atoms with Crippen LogP contribution in [0.2, 0.25) is 10.0 Å². The first-order chi connectivity index (χ1) is 16.1. The average Bonchev–Trinajstić information content (AvgIpc) is 3.32. The van der Waals surface area contributed by atoms with Crippen molar-refractivity contribution in [3.8, 4) is 5.75 Å². The van der Waals surface area contributed by atoms with Gasteiger partial charge in [-0.25, -0.2) is 14.6 Å². The molecule has 4 aromatic rings. The molecule has 4 rings (SSSR count). The summed E-state index contributed by atoms with van der Waals surface area (Å²) < 4.78 is 6.27. The van der Waals surface area contributed by atoms with E-state index in [9.17, 15) is 19.5 Å². The first-order valence-electron chi connectivity index (χ1n) is 9.62. The van der Waals surface area contributed by atoms with Crippen molar-refractivity contribution in [2.45, 2.75) is 13.5 Å². The van der Waals surface area contributed by atoms with E-state index in [4.69, 9.17) is 33.0 Å². The third-order valence-corrected chi connectivity index (χ3v) is 6.64. The van der Waals surface area contributed by atoms with Gasteiger partial charge in [0.05, 0.1) is 25.9 Å². The molecule has 174 valence electrons. The van der Waals surface area contributed by atoms with E-state index in [1.54, 1.807) is 19.1 Å². The van der Waals surface area contributed by atoms with Crippen molar-refractivity contribution in [2.24, 2.45) is 0 Å². The largest absolute Gasteiger partial charge is 0.487 e. The maximum Gasteiger partial charge on any atom is 0.335 e. The topological polar surface area (TPSA) is 142 Å². The lowest BCUT2D eigenvalue weighted by atomic mass is 10.1. The summed E-state index contributed by atoms with van der Waals surface area (Å²) in [5.74, 6) is -2.63. The molecule has 0 spiro atoms. The van der Waals surface area contributed by atoms with Gasteiger partial charge in [0.15, 0.2) is 5.13 Å². The summed E-state index contributed by atoms with van der Waals surface area (Å²) in [5, 5.41) is 21.8. The van der Waals surface area contributed by atoms with Crippen molar-refractivity contribution in [3.05, 3.63) is 74.5 Å². The van der Waals surface area contributed by atoms with E-state index in [2.05, 4.69) is 15.3 Å². The molecule has 0 saturated carbocycles. The monoisotopic (exact) mass is 519 g/mol. The molecule has 0 aliphatic heterocycles. The summed E-state index contributed by atoms with van der Waals surface area (Å²) >= 11 is 13.2. The van der Waals surface area contributed by atoms with E-state index in [1.807, 2.05) is 0 Å². The Kier molecular flexibility index (Phi) is 6.47. The Bertz CT molecular complexity index is 1460. The number of hydrogen-bond donors (Lipinski definition) is 4. The van der Waals surface area contributed by atoms with Gasteiger partial charge in [-0.3, -0.25) is 10.1 Å². The maximum absolute atomic E-state index is 12.6. The SMILES string of the molecule is Cc1[nH]c(C(=O)Nc2nc3c(OCc4cccc(C(=O)O)c4)cc(C(=O)O)cc3s2)c(Cl)c1Cl. The first kappa shape index (κ1) is 23.6. The molecular formula is C22H15Cl2N3O6S. The number of halogens is 2. The fourth-order valence-electron chi connectivity index (χ4n) is 3.13. The van der Waals surface area contributed by atoms with E-state index in [-0.39, 0.29) is 44.4 Å². The summed E-state index contributed by atoms with van der Waals surface area (Å²) in [6.45, 7) is 1.65. The second-order valence-corrected chi connectivity index (χ2v) is 8.93. The van der Waals surface area contributed by atoms with Gasteiger partial charge >= 0.3 is 11.9 Å². The maximum atomic E-state index is 12.6. The number of carboxylic acid groups (broad SMARTS) is 2. The zero-order valence-electron chi connectivity index (χ0n) is 17.3. The lowest BCUT2D eigenvalue weighted by molar-refractivity contribution is 0.0685. The molecule has 0 saturated heterocycles. The smallest absolute Gasteiger partial charge is 0.335 e. The van der Waals surface area contributed by atoms with Crippen molar-refractivity contribution < 1.29 is 29.3 Å². The zero-order valence-corrected chi connectivity index (χ0v) is 19.6. The summed E-state index contributed by atoms with van der Waals surface area (Å²) in [5.41, 5.74) is 1.59. The van der Waals surface area contributed by atoms with Gasteiger partial charge in [0.2, 0.25) is 0 Å². The Morgan fingerprint density at radius 1 is 1.09 bits per heavy atom. The van der Waals surface area contributed by atoms with Gasteiger partial charge in [0.1, 0.15) is 23.6 Å². The van der Waals surface area contributed by atoms with Crippen LogP contribution in [0.3, 0.4) is 0 Å². The van der Waals surface area contributed by atoms with Crippen LogP contribution in [0, 0.1) is 6.92 Å². The van der Waals surface area contributed by atoms with Gasteiger partial charge in [0.25, 0.3) is 5.91 Å².